The summed E-state index contributed by atoms with van der Waals surface area (Å²) >= 11 is 7.39. The fourth-order valence-electron chi connectivity index (χ4n) is 3.19. The number of aryl methyl sites for hydroxylation is 1. The Morgan fingerprint density at radius 2 is 1.83 bits per heavy atom. The maximum atomic E-state index is 14.0. The molecular formula is C20H17ClFN3O3S. The predicted octanol–water partition coefficient (Wildman–Crippen LogP) is 4.10. The van der Waals surface area contributed by atoms with Crippen LogP contribution in [0.1, 0.15) is 25.7 Å². The summed E-state index contributed by atoms with van der Waals surface area (Å²) in [5.74, 6) is -0.668. The van der Waals surface area contributed by atoms with E-state index in [-0.39, 0.29) is 11.5 Å². The zero-order valence-electron chi connectivity index (χ0n) is 15.5. The van der Waals surface area contributed by atoms with E-state index in [1.54, 1.807) is 11.0 Å². The van der Waals surface area contributed by atoms with Crippen LogP contribution in [0, 0.1) is 12.7 Å². The Morgan fingerprint density at radius 3 is 2.48 bits per heavy atom. The van der Waals surface area contributed by atoms with Gasteiger partial charge in [-0.15, -0.1) is 11.3 Å². The topological polar surface area (TPSA) is 66.7 Å². The number of nitrogens with zero attached hydrogens (tertiary/aromatic N) is 3. The Balaban J connectivity index is 1.40. The molecule has 9 heteroatoms. The van der Waals surface area contributed by atoms with E-state index < -0.39 is 11.7 Å². The fourth-order valence-corrected chi connectivity index (χ4v) is 3.96. The third kappa shape index (κ3) is 4.04. The van der Waals surface area contributed by atoms with Gasteiger partial charge in [-0.1, -0.05) is 11.6 Å². The Labute approximate surface area is 175 Å². The Kier molecular flexibility index (Phi) is 5.38. The van der Waals surface area contributed by atoms with Gasteiger partial charge in [-0.05, 0) is 31.2 Å². The quantitative estimate of drug-likeness (QED) is 0.623. The van der Waals surface area contributed by atoms with Crippen molar-refractivity contribution in [1.82, 2.24) is 14.8 Å². The number of furan rings is 1. The zero-order valence-corrected chi connectivity index (χ0v) is 17.1. The minimum absolute atomic E-state index is 0.0599. The van der Waals surface area contributed by atoms with E-state index in [0.29, 0.717) is 48.2 Å². The maximum absolute atomic E-state index is 14.0. The molecule has 0 bridgehead atoms. The van der Waals surface area contributed by atoms with E-state index in [2.05, 4.69) is 4.98 Å². The molecule has 0 saturated carbocycles. The second kappa shape index (κ2) is 7.96. The normalized spacial score (nSPS) is 14.3. The Bertz CT molecular complexity index is 1070. The number of rotatable bonds is 3. The van der Waals surface area contributed by atoms with Crippen LogP contribution in [0.25, 0.3) is 11.5 Å². The van der Waals surface area contributed by atoms with Gasteiger partial charge in [-0.25, -0.2) is 9.37 Å². The summed E-state index contributed by atoms with van der Waals surface area (Å²) in [5.41, 5.74) is 1.08. The number of amides is 2. The largest absolute Gasteiger partial charge is 0.462 e. The monoisotopic (exact) mass is 433 g/mol. The first-order valence-corrected chi connectivity index (χ1v) is 10.2. The Hall–Kier alpha value is -2.71. The van der Waals surface area contributed by atoms with Crippen LogP contribution in [0.2, 0.25) is 5.02 Å². The van der Waals surface area contributed by atoms with Crippen LogP contribution in [0.5, 0.6) is 0 Å². The van der Waals surface area contributed by atoms with E-state index >= 15 is 0 Å². The van der Waals surface area contributed by atoms with Crippen LogP contribution in [0.3, 0.4) is 0 Å². The van der Waals surface area contributed by atoms with Crippen molar-refractivity contribution in [2.24, 2.45) is 0 Å². The van der Waals surface area contributed by atoms with Crippen LogP contribution in [0.15, 0.2) is 40.3 Å². The molecule has 0 N–H and O–H groups in total. The lowest BCUT2D eigenvalue weighted by atomic mass is 10.1. The first-order chi connectivity index (χ1) is 13.9. The lowest BCUT2D eigenvalue weighted by molar-refractivity contribution is 0.0532. The summed E-state index contributed by atoms with van der Waals surface area (Å²) < 4.78 is 19.5. The SMILES string of the molecule is Cc1nc(-c2cc(C(=O)N3CCN(C(=O)c4cc(Cl)ccc4F)CC3)co2)cs1. The molecule has 150 valence electrons. The highest BCUT2D eigenvalue weighted by Crippen LogP contribution is 2.25. The summed E-state index contributed by atoms with van der Waals surface area (Å²) in [5, 5.41) is 3.10. The number of benzene rings is 1. The van der Waals surface area contributed by atoms with Crippen LogP contribution in [0.4, 0.5) is 4.39 Å². The number of carbonyl (C=O) groups excluding carboxylic acids is 2. The van der Waals surface area contributed by atoms with Crippen molar-refractivity contribution in [3.8, 4) is 11.5 Å². The molecule has 1 saturated heterocycles. The molecule has 0 aliphatic carbocycles. The molecule has 2 aromatic heterocycles. The van der Waals surface area contributed by atoms with Crippen molar-refractivity contribution in [3.63, 3.8) is 0 Å². The van der Waals surface area contributed by atoms with Gasteiger partial charge in [0, 0.05) is 36.6 Å². The standard InChI is InChI=1S/C20H17ClFN3O3S/c1-12-23-17(11-29-12)18-8-13(10-28-18)19(26)24-4-6-25(7-5-24)20(27)15-9-14(21)2-3-16(15)22/h2-3,8-11H,4-7H2,1H3. The number of hydrogen-bond donors (Lipinski definition) is 0. The zero-order chi connectivity index (χ0) is 20.5. The lowest BCUT2D eigenvalue weighted by Crippen LogP contribution is -2.50. The average molecular weight is 434 g/mol. The summed E-state index contributed by atoms with van der Waals surface area (Å²) in [7, 11) is 0. The number of halogens is 2. The summed E-state index contributed by atoms with van der Waals surface area (Å²) in [6.07, 6.45) is 1.42. The van der Waals surface area contributed by atoms with Gasteiger partial charge in [-0.2, -0.15) is 0 Å². The molecule has 0 spiro atoms. The molecule has 0 unspecified atom stereocenters. The molecule has 0 atom stereocenters. The molecule has 0 radical (unpaired) electrons. The van der Waals surface area contributed by atoms with E-state index in [1.165, 1.54) is 40.7 Å². The first-order valence-electron chi connectivity index (χ1n) is 8.97. The molecule has 29 heavy (non-hydrogen) atoms. The number of carbonyl (C=O) groups is 2. The minimum Gasteiger partial charge on any atom is -0.462 e. The summed E-state index contributed by atoms with van der Waals surface area (Å²) in [6, 6.07) is 5.58. The number of hydrogen-bond acceptors (Lipinski definition) is 5. The highest BCUT2D eigenvalue weighted by Gasteiger charge is 2.28. The lowest BCUT2D eigenvalue weighted by Gasteiger charge is -2.34. The maximum Gasteiger partial charge on any atom is 0.257 e. The highest BCUT2D eigenvalue weighted by atomic mass is 35.5. The van der Waals surface area contributed by atoms with E-state index in [0.717, 1.165) is 5.01 Å². The van der Waals surface area contributed by atoms with E-state index in [1.807, 2.05) is 12.3 Å². The molecule has 1 aromatic carbocycles. The third-order valence-corrected chi connectivity index (χ3v) is 5.74. The van der Waals surface area contributed by atoms with Crippen molar-refractivity contribution in [2.75, 3.05) is 26.2 Å². The van der Waals surface area contributed by atoms with Crippen molar-refractivity contribution in [3.05, 3.63) is 62.9 Å². The molecule has 1 fully saturated rings. The summed E-state index contributed by atoms with van der Waals surface area (Å²) in [4.78, 5) is 32.9. The summed E-state index contributed by atoms with van der Waals surface area (Å²) in [6.45, 7) is 3.23. The minimum atomic E-state index is -0.610. The second-order valence-electron chi connectivity index (χ2n) is 6.66. The number of thiazole rings is 1. The molecule has 4 rings (SSSR count). The molecule has 1 aliphatic heterocycles. The van der Waals surface area contributed by atoms with E-state index in [9.17, 15) is 14.0 Å². The van der Waals surface area contributed by atoms with Gasteiger partial charge in [0.25, 0.3) is 11.8 Å². The van der Waals surface area contributed by atoms with Crippen molar-refractivity contribution < 1.29 is 18.4 Å². The molecular weight excluding hydrogens is 417 g/mol. The first kappa shape index (κ1) is 19.6. The van der Waals surface area contributed by atoms with Gasteiger partial charge in [-0.3, -0.25) is 9.59 Å². The van der Waals surface area contributed by atoms with Gasteiger partial charge in [0.15, 0.2) is 5.76 Å². The molecule has 1 aliphatic rings. The van der Waals surface area contributed by atoms with Gasteiger partial charge < -0.3 is 14.2 Å². The molecule has 6 nitrogen and oxygen atoms in total. The average Bonchev–Trinajstić information content (AvgIpc) is 3.38. The second-order valence-corrected chi connectivity index (χ2v) is 8.16. The fraction of sp³-hybridized carbons (Fsp3) is 0.250. The van der Waals surface area contributed by atoms with Crippen LogP contribution in [-0.4, -0.2) is 52.8 Å². The van der Waals surface area contributed by atoms with Crippen LogP contribution in [-0.2, 0) is 0 Å². The molecule has 3 aromatic rings. The van der Waals surface area contributed by atoms with Crippen molar-refractivity contribution >= 4 is 34.8 Å². The Morgan fingerprint density at radius 1 is 1.14 bits per heavy atom. The predicted molar refractivity (Wildman–Crippen MR) is 108 cm³/mol. The van der Waals surface area contributed by atoms with Crippen molar-refractivity contribution in [1.29, 1.82) is 0 Å². The molecule has 2 amide bonds. The number of aromatic nitrogens is 1. The molecule has 3 heterocycles. The third-order valence-electron chi connectivity index (χ3n) is 4.73. The van der Waals surface area contributed by atoms with Gasteiger partial charge in [0.05, 0.1) is 16.1 Å². The van der Waals surface area contributed by atoms with E-state index in [4.69, 9.17) is 16.0 Å². The van der Waals surface area contributed by atoms with Crippen LogP contribution < -0.4 is 0 Å². The van der Waals surface area contributed by atoms with Gasteiger partial charge >= 0.3 is 0 Å². The van der Waals surface area contributed by atoms with Gasteiger partial charge in [0.2, 0.25) is 0 Å². The van der Waals surface area contributed by atoms with Gasteiger partial charge in [0.1, 0.15) is 17.8 Å². The van der Waals surface area contributed by atoms with Crippen molar-refractivity contribution in [2.45, 2.75) is 6.92 Å². The van der Waals surface area contributed by atoms with Crippen LogP contribution >= 0.6 is 22.9 Å². The highest BCUT2D eigenvalue weighted by molar-refractivity contribution is 7.09. The smallest absolute Gasteiger partial charge is 0.257 e. The number of piperazine rings is 1.